The number of amides is 3. The van der Waals surface area contributed by atoms with Crippen LogP contribution in [0, 0.1) is 0 Å². The topological polar surface area (TPSA) is 66.5 Å². The first-order valence-corrected chi connectivity index (χ1v) is 7.79. The highest BCUT2D eigenvalue weighted by Crippen LogP contribution is 2.33. The van der Waals surface area contributed by atoms with Crippen molar-refractivity contribution in [3.05, 3.63) is 34.9 Å². The number of carbonyl (C=O) groups is 3. The predicted octanol–water partition coefficient (Wildman–Crippen LogP) is 1.96. The number of hydrogen-bond donors (Lipinski definition) is 1. The number of imide groups is 1. The Labute approximate surface area is 129 Å². The molecule has 1 aromatic carbocycles. The van der Waals surface area contributed by atoms with Gasteiger partial charge in [-0.05, 0) is 36.0 Å². The molecule has 1 N–H and O–H groups in total. The first kappa shape index (κ1) is 14.8. The van der Waals surface area contributed by atoms with Crippen molar-refractivity contribution >= 4 is 17.7 Å². The zero-order chi connectivity index (χ0) is 15.9. The molecule has 2 aliphatic rings. The number of nitrogens with zero attached hydrogens (tertiary/aromatic N) is 1. The molecule has 3 rings (SSSR count). The van der Waals surface area contributed by atoms with Crippen LogP contribution in [0.3, 0.4) is 0 Å². The summed E-state index contributed by atoms with van der Waals surface area (Å²) in [7, 11) is 0. The number of piperidine rings is 1. The van der Waals surface area contributed by atoms with Crippen LogP contribution in [0.5, 0.6) is 0 Å². The number of benzene rings is 1. The molecular weight excluding hydrogens is 280 g/mol. The molecule has 0 spiro atoms. The van der Waals surface area contributed by atoms with Crippen LogP contribution >= 0.6 is 0 Å². The molecule has 22 heavy (non-hydrogen) atoms. The summed E-state index contributed by atoms with van der Waals surface area (Å²) in [4.78, 5) is 37.6. The SMILES string of the molecule is CCC(C)c1cccc2c1CN([C@H]1CCC(=O)NC1=O)C2=O. The highest BCUT2D eigenvalue weighted by atomic mass is 16.2. The maximum Gasteiger partial charge on any atom is 0.255 e. The molecule has 0 saturated carbocycles. The van der Waals surface area contributed by atoms with Crippen LogP contribution in [-0.2, 0) is 16.1 Å². The lowest BCUT2D eigenvalue weighted by molar-refractivity contribution is -0.136. The fourth-order valence-electron chi connectivity index (χ4n) is 3.29. The van der Waals surface area contributed by atoms with Gasteiger partial charge in [-0.1, -0.05) is 26.0 Å². The molecule has 2 heterocycles. The minimum atomic E-state index is -0.539. The van der Waals surface area contributed by atoms with E-state index in [1.807, 2.05) is 12.1 Å². The number of rotatable bonds is 3. The van der Waals surface area contributed by atoms with Crippen molar-refractivity contribution in [2.75, 3.05) is 0 Å². The Morgan fingerprint density at radius 2 is 2.09 bits per heavy atom. The first-order valence-electron chi connectivity index (χ1n) is 7.79. The van der Waals surface area contributed by atoms with Crippen molar-refractivity contribution in [2.24, 2.45) is 0 Å². The lowest BCUT2D eigenvalue weighted by atomic mass is 9.92. The Balaban J connectivity index is 1.91. The molecule has 1 unspecified atom stereocenters. The van der Waals surface area contributed by atoms with E-state index < -0.39 is 6.04 Å². The van der Waals surface area contributed by atoms with Crippen LogP contribution in [0.2, 0.25) is 0 Å². The molecule has 2 atom stereocenters. The highest BCUT2D eigenvalue weighted by Gasteiger charge is 2.39. The number of fused-ring (bicyclic) bond motifs is 1. The van der Waals surface area contributed by atoms with Crippen molar-refractivity contribution in [2.45, 2.75) is 51.6 Å². The van der Waals surface area contributed by atoms with Crippen molar-refractivity contribution < 1.29 is 14.4 Å². The van der Waals surface area contributed by atoms with E-state index in [-0.39, 0.29) is 24.1 Å². The molecule has 2 aliphatic heterocycles. The van der Waals surface area contributed by atoms with Crippen LogP contribution in [-0.4, -0.2) is 28.7 Å². The molecule has 0 aliphatic carbocycles. The molecule has 5 nitrogen and oxygen atoms in total. The molecule has 5 heteroatoms. The Kier molecular flexibility index (Phi) is 3.72. The van der Waals surface area contributed by atoms with Gasteiger partial charge in [-0.2, -0.15) is 0 Å². The lowest BCUT2D eigenvalue weighted by Crippen LogP contribution is -2.52. The van der Waals surface area contributed by atoms with Crippen LogP contribution < -0.4 is 5.32 Å². The fourth-order valence-corrected chi connectivity index (χ4v) is 3.29. The third-order valence-corrected chi connectivity index (χ3v) is 4.76. The Morgan fingerprint density at radius 1 is 1.32 bits per heavy atom. The van der Waals surface area contributed by atoms with Crippen molar-refractivity contribution in [1.82, 2.24) is 10.2 Å². The average molecular weight is 300 g/mol. The second kappa shape index (κ2) is 5.55. The summed E-state index contributed by atoms with van der Waals surface area (Å²) < 4.78 is 0. The maximum absolute atomic E-state index is 12.6. The van der Waals surface area contributed by atoms with E-state index in [9.17, 15) is 14.4 Å². The van der Waals surface area contributed by atoms with E-state index in [1.54, 1.807) is 4.90 Å². The summed E-state index contributed by atoms with van der Waals surface area (Å²) in [5.41, 5.74) is 2.91. The molecule has 1 aromatic rings. The van der Waals surface area contributed by atoms with E-state index in [1.165, 1.54) is 5.56 Å². The van der Waals surface area contributed by atoms with E-state index in [0.29, 0.717) is 24.4 Å². The molecule has 1 fully saturated rings. The average Bonchev–Trinajstić information content (AvgIpc) is 2.84. The molecule has 3 amide bonds. The van der Waals surface area contributed by atoms with Crippen molar-refractivity contribution in [1.29, 1.82) is 0 Å². The van der Waals surface area contributed by atoms with Gasteiger partial charge in [-0.3, -0.25) is 19.7 Å². The minimum absolute atomic E-state index is 0.102. The van der Waals surface area contributed by atoms with Crippen molar-refractivity contribution in [3.63, 3.8) is 0 Å². The third-order valence-electron chi connectivity index (χ3n) is 4.76. The van der Waals surface area contributed by atoms with E-state index in [4.69, 9.17) is 0 Å². The quantitative estimate of drug-likeness (QED) is 0.868. The van der Waals surface area contributed by atoms with Gasteiger partial charge in [-0.15, -0.1) is 0 Å². The summed E-state index contributed by atoms with van der Waals surface area (Å²) in [6.45, 7) is 4.73. The smallest absolute Gasteiger partial charge is 0.255 e. The largest absolute Gasteiger partial charge is 0.322 e. The van der Waals surface area contributed by atoms with Gasteiger partial charge in [0.2, 0.25) is 11.8 Å². The van der Waals surface area contributed by atoms with Crippen LogP contribution in [0.25, 0.3) is 0 Å². The van der Waals surface area contributed by atoms with Gasteiger partial charge in [0.15, 0.2) is 0 Å². The second-order valence-corrected chi connectivity index (χ2v) is 6.08. The van der Waals surface area contributed by atoms with E-state index >= 15 is 0 Å². The monoisotopic (exact) mass is 300 g/mol. The van der Waals surface area contributed by atoms with Crippen LogP contribution in [0.1, 0.15) is 60.5 Å². The second-order valence-electron chi connectivity index (χ2n) is 6.08. The summed E-state index contributed by atoms with van der Waals surface area (Å²) in [6.07, 6.45) is 1.70. The zero-order valence-corrected chi connectivity index (χ0v) is 12.9. The minimum Gasteiger partial charge on any atom is -0.322 e. The van der Waals surface area contributed by atoms with Crippen LogP contribution in [0.4, 0.5) is 0 Å². The maximum atomic E-state index is 12.6. The van der Waals surface area contributed by atoms with E-state index in [0.717, 1.165) is 12.0 Å². The van der Waals surface area contributed by atoms with Crippen LogP contribution in [0.15, 0.2) is 18.2 Å². The normalized spacial score (nSPS) is 22.5. The van der Waals surface area contributed by atoms with Crippen molar-refractivity contribution in [3.8, 4) is 0 Å². The van der Waals surface area contributed by atoms with E-state index in [2.05, 4.69) is 25.2 Å². The van der Waals surface area contributed by atoms with Gasteiger partial charge in [0, 0.05) is 18.5 Å². The summed E-state index contributed by atoms with van der Waals surface area (Å²) in [5.74, 6) is -0.340. The van der Waals surface area contributed by atoms with Gasteiger partial charge in [0.05, 0.1) is 0 Å². The molecule has 0 radical (unpaired) electrons. The Bertz CT molecular complexity index is 653. The van der Waals surface area contributed by atoms with Gasteiger partial charge in [-0.25, -0.2) is 0 Å². The number of carbonyl (C=O) groups excluding carboxylic acids is 3. The van der Waals surface area contributed by atoms with Gasteiger partial charge in [0.1, 0.15) is 6.04 Å². The molecule has 0 bridgehead atoms. The summed E-state index contributed by atoms with van der Waals surface area (Å²) in [5, 5.41) is 2.33. The lowest BCUT2D eigenvalue weighted by Gasteiger charge is -2.29. The van der Waals surface area contributed by atoms with Gasteiger partial charge < -0.3 is 4.90 Å². The third kappa shape index (κ3) is 2.30. The van der Waals surface area contributed by atoms with Gasteiger partial charge in [0.25, 0.3) is 5.91 Å². The molecule has 116 valence electrons. The number of hydrogen-bond acceptors (Lipinski definition) is 3. The number of nitrogens with one attached hydrogen (secondary N) is 1. The highest BCUT2D eigenvalue weighted by molar-refractivity contribution is 6.05. The first-order chi connectivity index (χ1) is 10.5. The zero-order valence-electron chi connectivity index (χ0n) is 12.9. The Hall–Kier alpha value is -2.17. The Morgan fingerprint density at radius 3 is 2.77 bits per heavy atom. The predicted molar refractivity (Wildman–Crippen MR) is 81.2 cm³/mol. The molecule has 0 aromatic heterocycles. The summed E-state index contributed by atoms with van der Waals surface area (Å²) in [6, 6.07) is 5.26. The van der Waals surface area contributed by atoms with Gasteiger partial charge >= 0.3 is 0 Å². The summed E-state index contributed by atoms with van der Waals surface area (Å²) >= 11 is 0. The fraction of sp³-hybridized carbons (Fsp3) is 0.471. The molecule has 1 saturated heterocycles. The molecular formula is C17H20N2O3. The standard InChI is InChI=1S/C17H20N2O3/c1-3-10(2)11-5-4-6-12-13(11)9-19(17(12)22)14-7-8-15(20)18-16(14)21/h4-6,10,14H,3,7-9H2,1-2H3,(H,18,20,21)/t10?,14-/m0/s1.